The van der Waals surface area contributed by atoms with E-state index in [1.807, 2.05) is 37.1 Å². The second kappa shape index (κ2) is 6.74. The minimum absolute atomic E-state index is 0.194. The van der Waals surface area contributed by atoms with E-state index >= 15 is 0 Å². The molecule has 0 aliphatic rings. The molecule has 0 bridgehead atoms. The van der Waals surface area contributed by atoms with E-state index in [4.69, 9.17) is 5.73 Å². The summed E-state index contributed by atoms with van der Waals surface area (Å²) in [6.45, 7) is 2.94. The molecule has 0 saturated heterocycles. The van der Waals surface area contributed by atoms with Gasteiger partial charge in [0.1, 0.15) is 11.6 Å². The molecule has 21 heavy (non-hydrogen) atoms. The fourth-order valence-corrected chi connectivity index (χ4v) is 2.26. The van der Waals surface area contributed by atoms with Crippen LogP contribution < -0.4 is 5.73 Å². The number of rotatable bonds is 5. The number of aryl methyl sites for hydroxylation is 1. The lowest BCUT2D eigenvalue weighted by Crippen LogP contribution is -2.29. The van der Waals surface area contributed by atoms with Crippen molar-refractivity contribution in [2.45, 2.75) is 19.5 Å². The van der Waals surface area contributed by atoms with E-state index in [0.29, 0.717) is 13.1 Å². The third kappa shape index (κ3) is 4.31. The molecule has 1 unspecified atom stereocenters. The van der Waals surface area contributed by atoms with Crippen molar-refractivity contribution in [1.82, 2.24) is 9.88 Å². The Labute approximate surface area is 123 Å². The van der Waals surface area contributed by atoms with Crippen LogP contribution in [0, 0.1) is 18.6 Å². The lowest BCUT2D eigenvalue weighted by molar-refractivity contribution is 0.299. The molecule has 2 aromatic rings. The number of aromatic nitrogens is 1. The molecule has 0 fully saturated rings. The van der Waals surface area contributed by atoms with Gasteiger partial charge in [0.2, 0.25) is 0 Å². The standard InChI is InChI=1S/C16H19F2N3/c1-11-4-3-5-13(20-11)9-21(2)10-16(19)14-8-12(17)6-7-15(14)18/h3-8,16H,9-10,19H2,1-2H3. The van der Waals surface area contributed by atoms with Crippen molar-refractivity contribution >= 4 is 0 Å². The van der Waals surface area contributed by atoms with E-state index in [0.717, 1.165) is 29.6 Å². The van der Waals surface area contributed by atoms with Gasteiger partial charge in [-0.1, -0.05) is 6.07 Å². The molecule has 0 amide bonds. The van der Waals surface area contributed by atoms with Gasteiger partial charge in [-0.25, -0.2) is 8.78 Å². The maximum Gasteiger partial charge on any atom is 0.128 e. The Bertz CT molecular complexity index is 616. The molecular formula is C16H19F2N3. The molecule has 3 nitrogen and oxygen atoms in total. The Morgan fingerprint density at radius 2 is 2.00 bits per heavy atom. The number of nitrogens with zero attached hydrogens (tertiary/aromatic N) is 2. The summed E-state index contributed by atoms with van der Waals surface area (Å²) in [5.41, 5.74) is 8.04. The number of hydrogen-bond donors (Lipinski definition) is 1. The second-order valence-corrected chi connectivity index (χ2v) is 5.24. The van der Waals surface area contributed by atoms with E-state index in [-0.39, 0.29) is 5.56 Å². The summed E-state index contributed by atoms with van der Waals surface area (Å²) < 4.78 is 26.9. The van der Waals surface area contributed by atoms with E-state index in [2.05, 4.69) is 4.98 Å². The number of pyridine rings is 1. The third-order valence-corrected chi connectivity index (χ3v) is 3.24. The fraction of sp³-hybridized carbons (Fsp3) is 0.312. The van der Waals surface area contributed by atoms with Gasteiger partial charge in [0.05, 0.1) is 5.69 Å². The highest BCUT2D eigenvalue weighted by molar-refractivity contribution is 5.22. The number of likely N-dealkylation sites (N-methyl/N-ethyl adjacent to an activating group) is 1. The molecule has 5 heteroatoms. The zero-order chi connectivity index (χ0) is 15.4. The van der Waals surface area contributed by atoms with Crippen molar-refractivity contribution in [3.8, 4) is 0 Å². The Morgan fingerprint density at radius 3 is 2.71 bits per heavy atom. The van der Waals surface area contributed by atoms with E-state index in [9.17, 15) is 8.78 Å². The first-order valence-electron chi connectivity index (χ1n) is 6.77. The Kier molecular flexibility index (Phi) is 4.98. The van der Waals surface area contributed by atoms with Crippen molar-refractivity contribution in [3.63, 3.8) is 0 Å². The first-order valence-corrected chi connectivity index (χ1v) is 6.77. The van der Waals surface area contributed by atoms with Crippen LogP contribution >= 0.6 is 0 Å². The first-order chi connectivity index (χ1) is 9.95. The zero-order valence-electron chi connectivity index (χ0n) is 12.2. The predicted molar refractivity (Wildman–Crippen MR) is 78.6 cm³/mol. The van der Waals surface area contributed by atoms with Gasteiger partial charge in [-0.05, 0) is 44.3 Å². The van der Waals surface area contributed by atoms with Gasteiger partial charge >= 0.3 is 0 Å². The normalized spacial score (nSPS) is 12.7. The Morgan fingerprint density at radius 1 is 1.24 bits per heavy atom. The molecule has 0 radical (unpaired) electrons. The molecule has 0 spiro atoms. The van der Waals surface area contributed by atoms with Crippen molar-refractivity contribution in [2.24, 2.45) is 5.73 Å². The van der Waals surface area contributed by atoms with Gasteiger partial charge in [-0.3, -0.25) is 9.88 Å². The highest BCUT2D eigenvalue weighted by Gasteiger charge is 2.15. The summed E-state index contributed by atoms with van der Waals surface area (Å²) in [6, 6.07) is 8.56. The van der Waals surface area contributed by atoms with Crippen LogP contribution in [0.4, 0.5) is 8.78 Å². The fourth-order valence-electron chi connectivity index (χ4n) is 2.26. The summed E-state index contributed by atoms with van der Waals surface area (Å²) in [5, 5.41) is 0. The average molecular weight is 291 g/mol. The lowest BCUT2D eigenvalue weighted by atomic mass is 10.1. The SMILES string of the molecule is Cc1cccc(CN(C)CC(N)c2cc(F)ccc2F)n1. The quantitative estimate of drug-likeness (QED) is 0.921. The molecule has 1 heterocycles. The Hall–Kier alpha value is -1.85. The summed E-state index contributed by atoms with van der Waals surface area (Å²) >= 11 is 0. The minimum Gasteiger partial charge on any atom is -0.323 e. The monoisotopic (exact) mass is 291 g/mol. The van der Waals surface area contributed by atoms with Crippen LogP contribution in [0.1, 0.15) is 23.0 Å². The molecule has 2 N–H and O–H groups in total. The van der Waals surface area contributed by atoms with Gasteiger partial charge < -0.3 is 5.73 Å². The number of hydrogen-bond acceptors (Lipinski definition) is 3. The highest BCUT2D eigenvalue weighted by Crippen LogP contribution is 2.17. The van der Waals surface area contributed by atoms with Gasteiger partial charge in [0.25, 0.3) is 0 Å². The van der Waals surface area contributed by atoms with Gasteiger partial charge in [-0.15, -0.1) is 0 Å². The van der Waals surface area contributed by atoms with Gasteiger partial charge in [-0.2, -0.15) is 0 Å². The van der Waals surface area contributed by atoms with Gasteiger partial charge in [0.15, 0.2) is 0 Å². The smallest absolute Gasteiger partial charge is 0.128 e. The molecule has 0 aliphatic heterocycles. The summed E-state index contributed by atoms with van der Waals surface area (Å²) in [7, 11) is 1.88. The summed E-state index contributed by atoms with van der Waals surface area (Å²) in [6.07, 6.45) is 0. The van der Waals surface area contributed by atoms with Crippen molar-refractivity contribution in [1.29, 1.82) is 0 Å². The zero-order valence-corrected chi connectivity index (χ0v) is 12.2. The molecular weight excluding hydrogens is 272 g/mol. The number of nitrogens with two attached hydrogens (primary N) is 1. The molecule has 0 saturated carbocycles. The highest BCUT2D eigenvalue weighted by atomic mass is 19.1. The van der Waals surface area contributed by atoms with Crippen LogP contribution in [0.5, 0.6) is 0 Å². The van der Waals surface area contributed by atoms with E-state index in [1.54, 1.807) is 0 Å². The van der Waals surface area contributed by atoms with Crippen molar-refractivity contribution < 1.29 is 8.78 Å². The predicted octanol–water partition coefficient (Wildman–Crippen LogP) is 2.80. The molecule has 0 aliphatic carbocycles. The van der Waals surface area contributed by atoms with Gasteiger partial charge in [0, 0.05) is 30.4 Å². The van der Waals surface area contributed by atoms with Crippen molar-refractivity contribution in [2.75, 3.05) is 13.6 Å². The van der Waals surface area contributed by atoms with Crippen LogP contribution in [-0.4, -0.2) is 23.5 Å². The topological polar surface area (TPSA) is 42.1 Å². The molecule has 2 rings (SSSR count). The minimum atomic E-state index is -0.587. The molecule has 1 atom stereocenters. The molecule has 1 aromatic heterocycles. The third-order valence-electron chi connectivity index (χ3n) is 3.24. The summed E-state index contributed by atoms with van der Waals surface area (Å²) in [4.78, 5) is 6.35. The molecule has 112 valence electrons. The number of benzene rings is 1. The largest absolute Gasteiger partial charge is 0.323 e. The van der Waals surface area contributed by atoms with Crippen LogP contribution in [0.25, 0.3) is 0 Å². The second-order valence-electron chi connectivity index (χ2n) is 5.24. The van der Waals surface area contributed by atoms with Crippen LogP contribution in [0.15, 0.2) is 36.4 Å². The van der Waals surface area contributed by atoms with E-state index in [1.165, 1.54) is 0 Å². The van der Waals surface area contributed by atoms with Crippen LogP contribution in [-0.2, 0) is 6.54 Å². The maximum atomic E-state index is 13.7. The Balaban J connectivity index is 2.01. The van der Waals surface area contributed by atoms with Crippen LogP contribution in [0.3, 0.4) is 0 Å². The lowest BCUT2D eigenvalue weighted by Gasteiger charge is -2.21. The number of halogens is 2. The van der Waals surface area contributed by atoms with Crippen LogP contribution in [0.2, 0.25) is 0 Å². The first kappa shape index (κ1) is 15.5. The van der Waals surface area contributed by atoms with Crippen molar-refractivity contribution in [3.05, 3.63) is 65.0 Å². The average Bonchev–Trinajstić information content (AvgIpc) is 2.41. The maximum absolute atomic E-state index is 13.7. The van der Waals surface area contributed by atoms with E-state index < -0.39 is 17.7 Å². The molecule has 1 aromatic carbocycles. The summed E-state index contributed by atoms with van der Waals surface area (Å²) in [5.74, 6) is -0.962.